The van der Waals surface area contributed by atoms with Crippen LogP contribution in [0.4, 0.5) is 10.1 Å². The van der Waals surface area contributed by atoms with Gasteiger partial charge in [0.1, 0.15) is 11.4 Å². The predicted molar refractivity (Wildman–Crippen MR) is 106 cm³/mol. The molecule has 8 heteroatoms. The van der Waals surface area contributed by atoms with Gasteiger partial charge < -0.3 is 19.0 Å². The van der Waals surface area contributed by atoms with Crippen molar-refractivity contribution in [1.82, 2.24) is 4.90 Å². The maximum Gasteiger partial charge on any atom is 0.291 e. The van der Waals surface area contributed by atoms with Gasteiger partial charge in [0.25, 0.3) is 11.8 Å². The van der Waals surface area contributed by atoms with E-state index in [1.807, 2.05) is 0 Å². The number of carbonyl (C=O) groups is 2. The summed E-state index contributed by atoms with van der Waals surface area (Å²) in [6, 6.07) is 10.5. The summed E-state index contributed by atoms with van der Waals surface area (Å²) in [5.74, 6) is -1.84. The van der Waals surface area contributed by atoms with Crippen LogP contribution in [0.1, 0.15) is 21.7 Å². The summed E-state index contributed by atoms with van der Waals surface area (Å²) in [4.78, 5) is 43.3. The fourth-order valence-electron chi connectivity index (χ4n) is 4.55. The van der Waals surface area contributed by atoms with Crippen LogP contribution in [0.2, 0.25) is 0 Å². The molecule has 2 aromatic carbocycles. The number of hydrogen-bond acceptors (Lipinski definition) is 5. The summed E-state index contributed by atoms with van der Waals surface area (Å²) in [6.45, 7) is 0.223. The van der Waals surface area contributed by atoms with Crippen molar-refractivity contribution >= 4 is 28.5 Å². The van der Waals surface area contributed by atoms with E-state index in [1.165, 1.54) is 23.0 Å². The normalized spacial score (nSPS) is 19.8. The lowest BCUT2D eigenvalue weighted by atomic mass is 9.84. The second-order valence-corrected chi connectivity index (χ2v) is 7.32. The average Bonchev–Trinajstić information content (AvgIpc) is 3.12. The second kappa shape index (κ2) is 6.24. The molecular formula is C22H17FN2O5. The van der Waals surface area contributed by atoms with Crippen molar-refractivity contribution < 1.29 is 23.1 Å². The molecule has 0 saturated heterocycles. The standard InChI is InChI=1S/C22H17FN2O5/c1-24-15-6-4-3-5-14(15)22(21(24)28)17-18(26)13-11-12(23)7-8-16(13)30-19(17)20(27)25(22)9-10-29-2/h3-8,11H,9-10H2,1-2H3. The Morgan fingerprint density at radius 2 is 1.90 bits per heavy atom. The highest BCUT2D eigenvalue weighted by Crippen LogP contribution is 2.51. The maximum atomic E-state index is 13.9. The Bertz CT molecular complexity index is 1300. The molecule has 3 heterocycles. The van der Waals surface area contributed by atoms with E-state index in [0.717, 1.165) is 12.1 Å². The van der Waals surface area contributed by atoms with Gasteiger partial charge in [-0.3, -0.25) is 14.4 Å². The Morgan fingerprint density at radius 3 is 2.67 bits per heavy atom. The molecule has 1 unspecified atom stereocenters. The Balaban J connectivity index is 1.93. The molecule has 2 aliphatic heterocycles. The Morgan fingerprint density at radius 1 is 1.13 bits per heavy atom. The minimum atomic E-state index is -1.68. The third kappa shape index (κ3) is 2.08. The maximum absolute atomic E-state index is 13.9. The molecule has 1 spiro atoms. The fraction of sp³-hybridized carbons (Fsp3) is 0.227. The number of halogens is 1. The van der Waals surface area contributed by atoms with E-state index in [4.69, 9.17) is 9.15 Å². The molecule has 30 heavy (non-hydrogen) atoms. The number of nitrogens with zero attached hydrogens (tertiary/aromatic N) is 2. The van der Waals surface area contributed by atoms with E-state index in [-0.39, 0.29) is 35.4 Å². The van der Waals surface area contributed by atoms with Gasteiger partial charge in [-0.1, -0.05) is 18.2 Å². The van der Waals surface area contributed by atoms with Crippen molar-refractivity contribution in [3.8, 4) is 0 Å². The van der Waals surface area contributed by atoms with Crippen molar-refractivity contribution in [3.63, 3.8) is 0 Å². The summed E-state index contributed by atoms with van der Waals surface area (Å²) in [7, 11) is 3.08. The second-order valence-electron chi connectivity index (χ2n) is 7.32. The van der Waals surface area contributed by atoms with E-state index in [0.29, 0.717) is 11.3 Å². The van der Waals surface area contributed by atoms with Crippen molar-refractivity contribution in [2.45, 2.75) is 5.54 Å². The van der Waals surface area contributed by atoms with Gasteiger partial charge in [0.05, 0.1) is 17.6 Å². The quantitative estimate of drug-likeness (QED) is 0.664. The zero-order valence-electron chi connectivity index (χ0n) is 16.3. The highest BCUT2D eigenvalue weighted by molar-refractivity contribution is 6.16. The topological polar surface area (TPSA) is 80.1 Å². The molecule has 0 saturated carbocycles. The van der Waals surface area contributed by atoms with Gasteiger partial charge in [0.15, 0.2) is 11.0 Å². The highest BCUT2D eigenvalue weighted by Gasteiger charge is 2.64. The number of carbonyl (C=O) groups excluding carboxylic acids is 2. The van der Waals surface area contributed by atoms with Crippen LogP contribution >= 0.6 is 0 Å². The molecule has 152 valence electrons. The minimum absolute atomic E-state index is 0.0191. The number of rotatable bonds is 3. The first kappa shape index (κ1) is 18.5. The first-order valence-electron chi connectivity index (χ1n) is 9.38. The molecule has 7 nitrogen and oxygen atoms in total. The fourth-order valence-corrected chi connectivity index (χ4v) is 4.55. The van der Waals surface area contributed by atoms with Crippen molar-refractivity contribution in [3.05, 3.63) is 75.4 Å². The van der Waals surface area contributed by atoms with Crippen LogP contribution in [0.15, 0.2) is 51.7 Å². The molecule has 2 aliphatic rings. The van der Waals surface area contributed by atoms with Crippen LogP contribution in [0, 0.1) is 5.82 Å². The smallest absolute Gasteiger partial charge is 0.291 e. The number of fused-ring (bicyclic) bond motifs is 5. The van der Waals surface area contributed by atoms with E-state index in [2.05, 4.69) is 0 Å². The molecule has 3 aromatic rings. The number of likely N-dealkylation sites (N-methyl/N-ethyl adjacent to an activating group) is 1. The number of methoxy groups -OCH3 is 1. The lowest BCUT2D eigenvalue weighted by molar-refractivity contribution is -0.126. The molecule has 5 rings (SSSR count). The molecule has 0 fully saturated rings. The van der Waals surface area contributed by atoms with E-state index in [9.17, 15) is 18.8 Å². The number of benzene rings is 2. The van der Waals surface area contributed by atoms with Crippen LogP contribution in [-0.2, 0) is 15.1 Å². The zero-order chi connectivity index (χ0) is 21.2. The molecule has 0 bridgehead atoms. The van der Waals surface area contributed by atoms with E-state index >= 15 is 0 Å². The summed E-state index contributed by atoms with van der Waals surface area (Å²) >= 11 is 0. The van der Waals surface area contributed by atoms with Crippen molar-refractivity contribution in [2.75, 3.05) is 32.2 Å². The van der Waals surface area contributed by atoms with Crippen molar-refractivity contribution in [2.24, 2.45) is 0 Å². The highest BCUT2D eigenvalue weighted by atomic mass is 19.1. The lowest BCUT2D eigenvalue weighted by Gasteiger charge is -2.33. The molecular weight excluding hydrogens is 391 g/mol. The van der Waals surface area contributed by atoms with Gasteiger partial charge in [0, 0.05) is 32.0 Å². The third-order valence-electron chi connectivity index (χ3n) is 5.85. The molecule has 0 aliphatic carbocycles. The van der Waals surface area contributed by atoms with E-state index < -0.39 is 28.6 Å². The molecule has 0 N–H and O–H groups in total. The Hall–Kier alpha value is -3.52. The average molecular weight is 408 g/mol. The van der Waals surface area contributed by atoms with Crippen LogP contribution in [0.25, 0.3) is 11.0 Å². The van der Waals surface area contributed by atoms with Gasteiger partial charge >= 0.3 is 0 Å². The van der Waals surface area contributed by atoms with Crippen LogP contribution in [0.5, 0.6) is 0 Å². The lowest BCUT2D eigenvalue weighted by Crippen LogP contribution is -2.53. The SMILES string of the molecule is COCCN1C(=O)c2oc3ccc(F)cc3c(=O)c2C12C(=O)N(C)c1ccccc12. The molecule has 0 radical (unpaired) electrons. The number of para-hydroxylation sites is 1. The van der Waals surface area contributed by atoms with Crippen LogP contribution < -0.4 is 10.3 Å². The van der Waals surface area contributed by atoms with Crippen molar-refractivity contribution in [1.29, 1.82) is 0 Å². The number of amides is 2. The predicted octanol–water partition coefficient (Wildman–Crippen LogP) is 2.25. The number of anilines is 1. The Kier molecular flexibility index (Phi) is 3.85. The number of hydrogen-bond donors (Lipinski definition) is 0. The summed E-state index contributed by atoms with van der Waals surface area (Å²) in [5, 5.41) is -0.0191. The summed E-state index contributed by atoms with van der Waals surface area (Å²) in [6.07, 6.45) is 0. The molecule has 2 amide bonds. The van der Waals surface area contributed by atoms with Gasteiger partial charge in [-0.05, 0) is 24.3 Å². The molecule has 1 atom stereocenters. The van der Waals surface area contributed by atoms with Gasteiger partial charge in [0.2, 0.25) is 5.76 Å². The third-order valence-corrected chi connectivity index (χ3v) is 5.85. The molecule has 1 aromatic heterocycles. The first-order chi connectivity index (χ1) is 14.4. The largest absolute Gasteiger partial charge is 0.450 e. The Labute approximate surface area is 170 Å². The summed E-state index contributed by atoms with van der Waals surface area (Å²) < 4.78 is 24.8. The van der Waals surface area contributed by atoms with Crippen LogP contribution in [-0.4, -0.2) is 44.0 Å². The summed E-state index contributed by atoms with van der Waals surface area (Å²) in [5.41, 5.74) is -1.18. The van der Waals surface area contributed by atoms with E-state index in [1.54, 1.807) is 31.3 Å². The monoisotopic (exact) mass is 408 g/mol. The van der Waals surface area contributed by atoms with Gasteiger partial charge in [-0.2, -0.15) is 0 Å². The first-order valence-corrected chi connectivity index (χ1v) is 9.38. The van der Waals surface area contributed by atoms with Crippen LogP contribution in [0.3, 0.4) is 0 Å². The zero-order valence-corrected chi connectivity index (χ0v) is 16.3. The van der Waals surface area contributed by atoms with Gasteiger partial charge in [-0.25, -0.2) is 4.39 Å². The number of ether oxygens (including phenoxy) is 1. The minimum Gasteiger partial charge on any atom is -0.450 e. The van der Waals surface area contributed by atoms with Gasteiger partial charge in [-0.15, -0.1) is 0 Å².